The van der Waals surface area contributed by atoms with E-state index in [4.69, 9.17) is 4.74 Å². The second-order valence-electron chi connectivity index (χ2n) is 7.68. The Kier molecular flexibility index (Phi) is 2.85. The molecule has 0 saturated carbocycles. The molecule has 2 heteroatoms. The fraction of sp³-hybridized carbons (Fsp3) is 0.550. The van der Waals surface area contributed by atoms with E-state index in [0.29, 0.717) is 17.6 Å². The molecule has 116 valence electrons. The van der Waals surface area contributed by atoms with E-state index in [1.54, 1.807) is 12.7 Å². The van der Waals surface area contributed by atoms with Gasteiger partial charge in [-0.15, -0.1) is 0 Å². The van der Waals surface area contributed by atoms with Gasteiger partial charge < -0.3 is 4.74 Å². The monoisotopic (exact) mass is 296 g/mol. The molecular weight excluding hydrogens is 272 g/mol. The van der Waals surface area contributed by atoms with Crippen molar-refractivity contribution in [2.75, 3.05) is 7.11 Å². The normalized spacial score (nSPS) is 42.7. The van der Waals surface area contributed by atoms with Crippen LogP contribution in [0.5, 0.6) is 0 Å². The van der Waals surface area contributed by atoms with Crippen LogP contribution in [0.4, 0.5) is 0 Å². The summed E-state index contributed by atoms with van der Waals surface area (Å²) in [5, 5.41) is 0. The number of ether oxygens (including phenoxy) is 1. The average molecular weight is 296 g/mol. The zero-order chi connectivity index (χ0) is 15.5. The molecule has 2 unspecified atom stereocenters. The number of carbonyl (C=O) groups is 1. The van der Waals surface area contributed by atoms with Crippen LogP contribution < -0.4 is 0 Å². The van der Waals surface area contributed by atoms with Gasteiger partial charge in [-0.05, 0) is 48.8 Å². The van der Waals surface area contributed by atoms with E-state index in [9.17, 15) is 4.79 Å². The van der Waals surface area contributed by atoms with E-state index in [-0.39, 0.29) is 10.8 Å². The molecule has 22 heavy (non-hydrogen) atoms. The van der Waals surface area contributed by atoms with Crippen LogP contribution in [0.1, 0.15) is 39.5 Å². The Morgan fingerprint density at radius 1 is 1.27 bits per heavy atom. The lowest BCUT2D eigenvalue weighted by Crippen LogP contribution is -2.43. The Balaban J connectivity index is 1.78. The molecule has 0 aliphatic heterocycles. The van der Waals surface area contributed by atoms with Gasteiger partial charge in [0.1, 0.15) is 0 Å². The number of hydrogen-bond acceptors (Lipinski definition) is 2. The van der Waals surface area contributed by atoms with Crippen molar-refractivity contribution in [3.63, 3.8) is 0 Å². The summed E-state index contributed by atoms with van der Waals surface area (Å²) in [5.41, 5.74) is 2.91. The molecular formula is C20H24O2. The lowest BCUT2D eigenvalue weighted by molar-refractivity contribution is -0.124. The summed E-state index contributed by atoms with van der Waals surface area (Å²) in [7, 11) is 1.76. The van der Waals surface area contributed by atoms with Gasteiger partial charge in [0.2, 0.25) is 0 Å². The van der Waals surface area contributed by atoms with E-state index in [1.165, 1.54) is 5.57 Å². The van der Waals surface area contributed by atoms with Crippen molar-refractivity contribution in [1.82, 2.24) is 0 Å². The molecule has 0 heterocycles. The standard InChI is InChI=1S/C20H24O2/c1-19-10-8-14(22-3)12-13(19)4-5-15-16-6-7-18(21)20(16,2)11-9-17(15)19/h4,6-7,9,12,15-16H,5,8,10-11H2,1-3H3/t15?,16?,19-,20-/m0/s1. The molecule has 4 aliphatic carbocycles. The molecule has 0 radical (unpaired) electrons. The van der Waals surface area contributed by atoms with Crippen LogP contribution in [0.3, 0.4) is 0 Å². The summed E-state index contributed by atoms with van der Waals surface area (Å²) < 4.78 is 5.47. The zero-order valence-electron chi connectivity index (χ0n) is 13.7. The molecule has 4 aliphatic rings. The minimum atomic E-state index is -0.196. The number of carbonyl (C=O) groups excluding carboxylic acids is 1. The van der Waals surface area contributed by atoms with Gasteiger partial charge in [-0.25, -0.2) is 0 Å². The van der Waals surface area contributed by atoms with Crippen molar-refractivity contribution < 1.29 is 9.53 Å². The van der Waals surface area contributed by atoms with Gasteiger partial charge in [0.25, 0.3) is 0 Å². The number of fused-ring (bicyclic) bond motifs is 5. The molecule has 0 aromatic carbocycles. The van der Waals surface area contributed by atoms with E-state index in [2.05, 4.69) is 38.2 Å². The van der Waals surface area contributed by atoms with Crippen LogP contribution in [0.2, 0.25) is 0 Å². The van der Waals surface area contributed by atoms with Crippen molar-refractivity contribution in [2.24, 2.45) is 22.7 Å². The van der Waals surface area contributed by atoms with E-state index >= 15 is 0 Å². The van der Waals surface area contributed by atoms with Crippen LogP contribution >= 0.6 is 0 Å². The summed E-state index contributed by atoms with van der Waals surface area (Å²) in [4.78, 5) is 12.3. The van der Waals surface area contributed by atoms with Crippen LogP contribution in [0.25, 0.3) is 0 Å². The maximum Gasteiger partial charge on any atom is 0.162 e. The highest BCUT2D eigenvalue weighted by Gasteiger charge is 2.53. The van der Waals surface area contributed by atoms with Crippen molar-refractivity contribution in [1.29, 1.82) is 0 Å². The molecule has 0 bridgehead atoms. The van der Waals surface area contributed by atoms with E-state index < -0.39 is 0 Å². The van der Waals surface area contributed by atoms with Gasteiger partial charge in [-0.2, -0.15) is 0 Å². The Morgan fingerprint density at radius 3 is 2.86 bits per heavy atom. The first-order chi connectivity index (χ1) is 10.5. The minimum Gasteiger partial charge on any atom is -0.501 e. The summed E-state index contributed by atoms with van der Waals surface area (Å²) in [6.07, 6.45) is 15.1. The maximum atomic E-state index is 12.3. The molecule has 4 rings (SSSR count). The fourth-order valence-electron chi connectivity index (χ4n) is 5.08. The smallest absolute Gasteiger partial charge is 0.162 e. The highest BCUT2D eigenvalue weighted by atomic mass is 16.5. The Hall–Kier alpha value is -1.57. The lowest BCUT2D eigenvalue weighted by Gasteiger charge is -2.50. The van der Waals surface area contributed by atoms with Gasteiger partial charge >= 0.3 is 0 Å². The number of ketones is 1. The van der Waals surface area contributed by atoms with Crippen LogP contribution in [-0.2, 0) is 9.53 Å². The largest absolute Gasteiger partial charge is 0.501 e. The first kappa shape index (κ1) is 14.0. The summed E-state index contributed by atoms with van der Waals surface area (Å²) in [5.74, 6) is 2.28. The summed E-state index contributed by atoms with van der Waals surface area (Å²) in [6, 6.07) is 0. The number of hydrogen-bond donors (Lipinski definition) is 0. The van der Waals surface area contributed by atoms with Gasteiger partial charge in [0.05, 0.1) is 12.9 Å². The van der Waals surface area contributed by atoms with Crippen LogP contribution in [0, 0.1) is 22.7 Å². The quantitative estimate of drug-likeness (QED) is 0.672. The Morgan fingerprint density at radius 2 is 2.09 bits per heavy atom. The third kappa shape index (κ3) is 1.64. The summed E-state index contributed by atoms with van der Waals surface area (Å²) >= 11 is 0. The van der Waals surface area contributed by atoms with E-state index in [1.807, 2.05) is 6.08 Å². The van der Waals surface area contributed by atoms with Crippen LogP contribution in [-0.4, -0.2) is 12.9 Å². The first-order valence-corrected chi connectivity index (χ1v) is 8.37. The Labute approximate surface area is 132 Å². The third-order valence-electron chi connectivity index (χ3n) is 6.65. The predicted molar refractivity (Wildman–Crippen MR) is 87.1 cm³/mol. The SMILES string of the molecule is COC1=CC2=CCC3C(=CC[C@]4(C)C(=O)C=CC34)[C@@]2(C)CC1. The van der Waals surface area contributed by atoms with Gasteiger partial charge in [-0.3, -0.25) is 4.79 Å². The molecule has 0 N–H and O–H groups in total. The Bertz CT molecular complexity index is 663. The predicted octanol–water partition coefficient (Wildman–Crippen LogP) is 4.35. The highest BCUT2D eigenvalue weighted by Crippen LogP contribution is 2.59. The maximum absolute atomic E-state index is 12.3. The molecule has 0 amide bonds. The average Bonchev–Trinajstić information content (AvgIpc) is 2.82. The zero-order valence-corrected chi connectivity index (χ0v) is 13.7. The number of rotatable bonds is 1. The van der Waals surface area contributed by atoms with Crippen LogP contribution in [0.15, 0.2) is 47.3 Å². The molecule has 0 fully saturated rings. The third-order valence-corrected chi connectivity index (χ3v) is 6.65. The minimum absolute atomic E-state index is 0.131. The van der Waals surface area contributed by atoms with Crippen molar-refractivity contribution in [2.45, 2.75) is 39.5 Å². The van der Waals surface area contributed by atoms with Crippen molar-refractivity contribution in [3.8, 4) is 0 Å². The number of allylic oxidation sites excluding steroid dienone is 8. The molecule has 0 aromatic heterocycles. The lowest BCUT2D eigenvalue weighted by atomic mass is 9.53. The molecule has 0 spiro atoms. The topological polar surface area (TPSA) is 26.3 Å². The van der Waals surface area contributed by atoms with Crippen molar-refractivity contribution >= 4 is 5.78 Å². The van der Waals surface area contributed by atoms with Gasteiger partial charge in [0, 0.05) is 17.3 Å². The molecule has 4 atom stereocenters. The molecule has 2 nitrogen and oxygen atoms in total. The first-order valence-electron chi connectivity index (χ1n) is 8.37. The van der Waals surface area contributed by atoms with Crippen molar-refractivity contribution in [3.05, 3.63) is 47.3 Å². The number of methoxy groups -OCH3 is 1. The highest BCUT2D eigenvalue weighted by molar-refractivity contribution is 5.98. The van der Waals surface area contributed by atoms with E-state index in [0.717, 1.165) is 31.4 Å². The fourth-order valence-corrected chi connectivity index (χ4v) is 5.08. The second-order valence-corrected chi connectivity index (χ2v) is 7.68. The second kappa shape index (κ2) is 4.47. The summed E-state index contributed by atoms with van der Waals surface area (Å²) in [6.45, 7) is 4.53. The molecule has 0 aromatic rings. The van der Waals surface area contributed by atoms with Gasteiger partial charge in [-0.1, -0.05) is 37.6 Å². The molecule has 0 saturated heterocycles. The van der Waals surface area contributed by atoms with Gasteiger partial charge in [0.15, 0.2) is 5.78 Å².